The molecule has 0 spiro atoms. The Morgan fingerprint density at radius 3 is 2.73 bits per heavy atom. The number of carbonyl (C=O) groups is 1. The number of piperazine rings is 1. The first-order valence-electron chi connectivity index (χ1n) is 6.47. The fraction of sp³-hybridized carbons (Fsp3) is 0.462. The second kappa shape index (κ2) is 7.36. The minimum atomic E-state index is -3.95. The van der Waals surface area contributed by atoms with Gasteiger partial charge in [-0.15, -0.1) is 12.4 Å². The summed E-state index contributed by atoms with van der Waals surface area (Å²) in [6, 6.07) is 3.00. The maximum Gasteiger partial charge on any atom is 0.339 e. The lowest BCUT2D eigenvalue weighted by Gasteiger charge is -2.31. The molecule has 22 heavy (non-hydrogen) atoms. The summed E-state index contributed by atoms with van der Waals surface area (Å²) >= 11 is 0. The van der Waals surface area contributed by atoms with E-state index in [-0.39, 0.29) is 42.0 Å². The zero-order valence-electron chi connectivity index (χ0n) is 12.2. The van der Waals surface area contributed by atoms with Gasteiger partial charge in [0.2, 0.25) is 10.0 Å². The van der Waals surface area contributed by atoms with Gasteiger partial charge in [0.25, 0.3) is 0 Å². The van der Waals surface area contributed by atoms with Crippen molar-refractivity contribution in [3.8, 4) is 0 Å². The zero-order valence-corrected chi connectivity index (χ0v) is 13.8. The number of nitrogens with one attached hydrogen (secondary N) is 1. The third-order valence-corrected chi connectivity index (χ3v) is 5.20. The van der Waals surface area contributed by atoms with Gasteiger partial charge in [0.05, 0.1) is 17.6 Å². The Kier molecular flexibility index (Phi) is 6.30. The number of carbonyl (C=O) groups excluding carboxylic acids is 1. The van der Waals surface area contributed by atoms with Gasteiger partial charge in [-0.25, -0.2) is 17.6 Å². The van der Waals surface area contributed by atoms with Gasteiger partial charge in [-0.05, 0) is 25.1 Å². The van der Waals surface area contributed by atoms with E-state index in [1.165, 1.54) is 4.31 Å². The summed E-state index contributed by atoms with van der Waals surface area (Å²) in [5, 5.41) is 3.12. The van der Waals surface area contributed by atoms with Crippen molar-refractivity contribution >= 4 is 28.4 Å². The van der Waals surface area contributed by atoms with Crippen LogP contribution in [0.15, 0.2) is 23.1 Å². The highest BCUT2D eigenvalue weighted by atomic mass is 35.5. The molecular formula is C13H18ClFN2O4S. The highest BCUT2D eigenvalue weighted by Crippen LogP contribution is 2.23. The average Bonchev–Trinajstić information content (AvgIpc) is 2.46. The second-order valence-corrected chi connectivity index (χ2v) is 6.76. The van der Waals surface area contributed by atoms with E-state index in [1.54, 1.807) is 0 Å². The van der Waals surface area contributed by atoms with Crippen LogP contribution >= 0.6 is 12.4 Å². The summed E-state index contributed by atoms with van der Waals surface area (Å²) in [5.74, 6) is -1.53. The van der Waals surface area contributed by atoms with E-state index in [1.807, 2.05) is 6.92 Å². The largest absolute Gasteiger partial charge is 0.465 e. The minimum absolute atomic E-state index is 0. The number of esters is 1. The van der Waals surface area contributed by atoms with Crippen LogP contribution in [0.3, 0.4) is 0 Å². The van der Waals surface area contributed by atoms with Crippen molar-refractivity contribution in [1.82, 2.24) is 9.62 Å². The average molecular weight is 353 g/mol. The molecule has 1 saturated heterocycles. The molecule has 1 heterocycles. The van der Waals surface area contributed by atoms with Crippen LogP contribution in [0.4, 0.5) is 4.39 Å². The van der Waals surface area contributed by atoms with Crippen molar-refractivity contribution in [2.24, 2.45) is 0 Å². The van der Waals surface area contributed by atoms with Crippen LogP contribution in [0.2, 0.25) is 0 Å². The van der Waals surface area contributed by atoms with Gasteiger partial charge in [-0.3, -0.25) is 0 Å². The molecule has 1 fully saturated rings. The highest BCUT2D eigenvalue weighted by Gasteiger charge is 2.32. The number of nitrogens with zero attached hydrogens (tertiary/aromatic N) is 1. The van der Waals surface area contributed by atoms with Gasteiger partial charge < -0.3 is 10.1 Å². The molecule has 1 aromatic carbocycles. The summed E-state index contributed by atoms with van der Waals surface area (Å²) in [5.41, 5.74) is -0.162. The molecule has 0 radical (unpaired) electrons. The molecule has 1 unspecified atom stereocenters. The Morgan fingerprint density at radius 2 is 2.14 bits per heavy atom. The van der Waals surface area contributed by atoms with Crippen molar-refractivity contribution in [1.29, 1.82) is 0 Å². The van der Waals surface area contributed by atoms with E-state index < -0.39 is 21.8 Å². The number of ether oxygens (including phenoxy) is 1. The number of hydrogen-bond acceptors (Lipinski definition) is 5. The smallest absolute Gasteiger partial charge is 0.339 e. The molecule has 124 valence electrons. The zero-order chi connectivity index (χ0) is 15.6. The number of hydrogen-bond donors (Lipinski definition) is 1. The normalized spacial score (nSPS) is 19.3. The Hall–Kier alpha value is -1.22. The van der Waals surface area contributed by atoms with Crippen molar-refractivity contribution in [2.45, 2.75) is 17.9 Å². The van der Waals surface area contributed by atoms with Gasteiger partial charge in [0.1, 0.15) is 5.82 Å². The van der Waals surface area contributed by atoms with E-state index in [0.29, 0.717) is 6.54 Å². The van der Waals surface area contributed by atoms with Crippen LogP contribution in [-0.2, 0) is 14.8 Å². The third-order valence-electron chi connectivity index (χ3n) is 3.30. The number of rotatable bonds is 3. The Morgan fingerprint density at radius 1 is 1.45 bits per heavy atom. The van der Waals surface area contributed by atoms with Gasteiger partial charge in [0, 0.05) is 25.7 Å². The molecule has 0 aliphatic carbocycles. The lowest BCUT2D eigenvalue weighted by molar-refractivity contribution is 0.0596. The van der Waals surface area contributed by atoms with Crippen molar-refractivity contribution in [2.75, 3.05) is 26.7 Å². The molecule has 0 aromatic heterocycles. The molecule has 0 amide bonds. The standard InChI is InChI=1S/C13H17FN2O4S.ClH/c1-9-8-16(6-5-15-9)21(18,19)12-7-10(14)3-4-11(12)13(17)20-2;/h3-4,7,9,15H,5-6,8H2,1-2H3;1H. The summed E-state index contributed by atoms with van der Waals surface area (Å²) in [7, 11) is -2.80. The lowest BCUT2D eigenvalue weighted by atomic mass is 10.2. The van der Waals surface area contributed by atoms with E-state index >= 15 is 0 Å². The number of methoxy groups -OCH3 is 1. The van der Waals surface area contributed by atoms with E-state index in [4.69, 9.17) is 0 Å². The third kappa shape index (κ3) is 3.75. The molecule has 1 aromatic rings. The fourth-order valence-corrected chi connectivity index (χ4v) is 3.96. The fourth-order valence-electron chi connectivity index (χ4n) is 2.24. The number of benzene rings is 1. The topological polar surface area (TPSA) is 75.7 Å². The van der Waals surface area contributed by atoms with Gasteiger partial charge in [-0.2, -0.15) is 4.31 Å². The first kappa shape index (κ1) is 18.8. The molecule has 1 aliphatic rings. The van der Waals surface area contributed by atoms with E-state index in [0.717, 1.165) is 25.3 Å². The molecule has 6 nitrogen and oxygen atoms in total. The quantitative estimate of drug-likeness (QED) is 0.822. The molecule has 0 bridgehead atoms. The maximum atomic E-state index is 13.4. The molecule has 2 rings (SSSR count). The summed E-state index contributed by atoms with van der Waals surface area (Å²) in [6.07, 6.45) is 0. The van der Waals surface area contributed by atoms with Gasteiger partial charge in [-0.1, -0.05) is 0 Å². The van der Waals surface area contributed by atoms with Crippen LogP contribution in [-0.4, -0.2) is 51.5 Å². The molecular weight excluding hydrogens is 335 g/mol. The highest BCUT2D eigenvalue weighted by molar-refractivity contribution is 7.89. The van der Waals surface area contributed by atoms with E-state index in [9.17, 15) is 17.6 Å². The number of halogens is 2. The lowest BCUT2D eigenvalue weighted by Crippen LogP contribution is -2.51. The van der Waals surface area contributed by atoms with E-state index in [2.05, 4.69) is 10.1 Å². The van der Waals surface area contributed by atoms with Crippen molar-refractivity contribution in [3.63, 3.8) is 0 Å². The summed E-state index contributed by atoms with van der Waals surface area (Å²) in [4.78, 5) is 11.3. The maximum absolute atomic E-state index is 13.4. The molecule has 9 heteroatoms. The van der Waals surface area contributed by atoms with Gasteiger partial charge in [0.15, 0.2) is 0 Å². The van der Waals surface area contributed by atoms with Crippen LogP contribution in [0, 0.1) is 5.82 Å². The Balaban J connectivity index is 0.00000242. The predicted molar refractivity (Wildman–Crippen MR) is 81.2 cm³/mol. The minimum Gasteiger partial charge on any atom is -0.465 e. The molecule has 0 saturated carbocycles. The van der Waals surface area contributed by atoms with Crippen molar-refractivity contribution in [3.05, 3.63) is 29.6 Å². The Bertz CT molecular complexity index is 653. The first-order chi connectivity index (χ1) is 9.86. The monoisotopic (exact) mass is 352 g/mol. The Labute approximate surface area is 135 Å². The van der Waals surface area contributed by atoms with Crippen LogP contribution < -0.4 is 5.32 Å². The summed E-state index contributed by atoms with van der Waals surface area (Å²) < 4.78 is 44.6. The molecule has 1 atom stereocenters. The number of sulfonamides is 1. The predicted octanol–water partition coefficient (Wildman–Crippen LogP) is 1.02. The second-order valence-electron chi connectivity index (χ2n) is 4.85. The SMILES string of the molecule is COC(=O)c1ccc(F)cc1S(=O)(=O)N1CCNC(C)C1.Cl. The summed E-state index contributed by atoms with van der Waals surface area (Å²) in [6.45, 7) is 2.89. The first-order valence-corrected chi connectivity index (χ1v) is 7.91. The molecule has 1 aliphatic heterocycles. The van der Waals surface area contributed by atoms with Crippen LogP contribution in [0.25, 0.3) is 0 Å². The molecule has 1 N–H and O–H groups in total. The van der Waals surface area contributed by atoms with Crippen molar-refractivity contribution < 1.29 is 22.3 Å². The van der Waals surface area contributed by atoms with Crippen LogP contribution in [0.5, 0.6) is 0 Å². The van der Waals surface area contributed by atoms with Gasteiger partial charge >= 0.3 is 5.97 Å². The van der Waals surface area contributed by atoms with Crippen LogP contribution in [0.1, 0.15) is 17.3 Å².